The predicted molar refractivity (Wildman–Crippen MR) is 113 cm³/mol. The van der Waals surface area contributed by atoms with E-state index in [0.717, 1.165) is 31.0 Å². The Morgan fingerprint density at radius 1 is 1.35 bits per heavy atom. The summed E-state index contributed by atoms with van der Waals surface area (Å²) in [5, 5.41) is 9.72. The number of carbonyl (C=O) groups is 1. The van der Waals surface area contributed by atoms with Gasteiger partial charge in [-0.3, -0.25) is 4.79 Å². The molecule has 1 aliphatic carbocycles. The highest BCUT2D eigenvalue weighted by Gasteiger charge is 2.35. The van der Waals surface area contributed by atoms with E-state index in [1.54, 1.807) is 11.9 Å². The lowest BCUT2D eigenvalue weighted by atomic mass is 9.97. The van der Waals surface area contributed by atoms with E-state index in [9.17, 15) is 18.8 Å². The van der Waals surface area contributed by atoms with Crippen LogP contribution < -0.4 is 10.6 Å². The molecule has 6 nitrogen and oxygen atoms in total. The highest BCUT2D eigenvalue weighted by Crippen LogP contribution is 2.40. The van der Waals surface area contributed by atoms with E-state index >= 15 is 0 Å². The molecule has 2 N–H and O–H groups in total. The second-order valence-electron chi connectivity index (χ2n) is 8.97. The van der Waals surface area contributed by atoms with Gasteiger partial charge in [0.05, 0.1) is 11.3 Å². The van der Waals surface area contributed by atoms with E-state index in [0.29, 0.717) is 43.2 Å². The molecule has 2 aliphatic rings. The highest BCUT2D eigenvalue weighted by atomic mass is 19.1. The van der Waals surface area contributed by atoms with Crippen molar-refractivity contribution in [2.24, 2.45) is 11.7 Å². The van der Waals surface area contributed by atoms with Crippen molar-refractivity contribution in [1.29, 1.82) is 5.26 Å². The van der Waals surface area contributed by atoms with Crippen LogP contribution in [0.5, 0.6) is 0 Å². The molecule has 1 atom stereocenters. The van der Waals surface area contributed by atoms with E-state index in [1.807, 2.05) is 17.9 Å². The minimum atomic E-state index is -0.766. The maximum atomic E-state index is 14.1. The molecule has 0 spiro atoms. The Hall–Kier alpha value is -3.05. The van der Waals surface area contributed by atoms with Gasteiger partial charge in [0.1, 0.15) is 23.4 Å². The van der Waals surface area contributed by atoms with E-state index in [4.69, 9.17) is 5.73 Å². The zero-order valence-electron chi connectivity index (χ0n) is 17.7. The summed E-state index contributed by atoms with van der Waals surface area (Å²) < 4.78 is 28.1. The van der Waals surface area contributed by atoms with E-state index < -0.39 is 17.2 Å². The number of hydrogen-bond acceptors (Lipinski definition) is 5. The summed E-state index contributed by atoms with van der Waals surface area (Å²) in [4.78, 5) is 21.1. The van der Waals surface area contributed by atoms with E-state index in [-0.39, 0.29) is 22.7 Å². The first-order chi connectivity index (χ1) is 14.7. The van der Waals surface area contributed by atoms with Crippen molar-refractivity contribution in [1.82, 2.24) is 9.88 Å². The largest absolute Gasteiger partial charge is 0.368 e. The topological polar surface area (TPSA) is 86.2 Å². The summed E-state index contributed by atoms with van der Waals surface area (Å²) in [6.45, 7) is 3.55. The molecule has 0 unspecified atom stereocenters. The molecular formula is C23H25F2N5O. The molecule has 1 aliphatic heterocycles. The summed E-state index contributed by atoms with van der Waals surface area (Å²) in [6.07, 6.45) is 4.27. The zero-order chi connectivity index (χ0) is 22.3. The minimum absolute atomic E-state index is 0.00650. The lowest BCUT2D eigenvalue weighted by Gasteiger charge is -2.28. The van der Waals surface area contributed by atoms with Gasteiger partial charge in [0.25, 0.3) is 5.91 Å². The number of nitrogens with zero attached hydrogens (tertiary/aromatic N) is 4. The van der Waals surface area contributed by atoms with Gasteiger partial charge in [0, 0.05) is 50.0 Å². The van der Waals surface area contributed by atoms with Gasteiger partial charge in [0.15, 0.2) is 0 Å². The molecule has 162 valence electrons. The second kappa shape index (κ2) is 7.89. The molecule has 0 bridgehead atoms. The molecule has 8 heteroatoms. The molecule has 1 saturated carbocycles. The lowest BCUT2D eigenvalue weighted by molar-refractivity contribution is 0.0789. The van der Waals surface area contributed by atoms with Gasteiger partial charge < -0.3 is 15.5 Å². The van der Waals surface area contributed by atoms with Crippen LogP contribution in [0.2, 0.25) is 0 Å². The monoisotopic (exact) mass is 425 g/mol. The Morgan fingerprint density at radius 2 is 2.03 bits per heavy atom. The Morgan fingerprint density at radius 3 is 2.58 bits per heavy atom. The minimum Gasteiger partial charge on any atom is -0.368 e. The Balaban J connectivity index is 1.91. The summed E-state index contributed by atoms with van der Waals surface area (Å²) in [6, 6.07) is 5.10. The molecule has 1 amide bonds. The number of halogens is 2. The van der Waals surface area contributed by atoms with Gasteiger partial charge in [-0.05, 0) is 49.8 Å². The molecule has 1 aromatic carbocycles. The third-order valence-corrected chi connectivity index (χ3v) is 5.94. The molecule has 1 aromatic heterocycles. The smallest absolute Gasteiger partial charge is 0.257 e. The average Bonchev–Trinajstić information content (AvgIpc) is 3.45. The van der Waals surface area contributed by atoms with Gasteiger partial charge >= 0.3 is 0 Å². The van der Waals surface area contributed by atoms with Crippen LogP contribution in [0.1, 0.15) is 42.2 Å². The summed E-state index contributed by atoms with van der Waals surface area (Å²) in [5.74, 6) is -1.27. The van der Waals surface area contributed by atoms with Gasteiger partial charge in [0.2, 0.25) is 0 Å². The van der Waals surface area contributed by atoms with Crippen LogP contribution in [-0.2, 0) is 0 Å². The first-order valence-electron chi connectivity index (χ1n) is 10.4. The third kappa shape index (κ3) is 4.37. The third-order valence-electron chi connectivity index (χ3n) is 5.94. The van der Waals surface area contributed by atoms with Crippen molar-refractivity contribution in [3.05, 3.63) is 47.3 Å². The fraction of sp³-hybridized carbons (Fsp3) is 0.435. The number of anilines is 1. The standard InChI is InChI=1S/C23H25F2N5O/c1-23(27)5-6-30(13-23)21-18(22(31)29(2)12-14-3-4-14)11-28-19(10-26)20(21)15-7-16(24)9-17(25)8-15/h7-9,11,14H,3-6,12-13,27H2,1-2H3/t23-/m0/s1. The van der Waals surface area contributed by atoms with Gasteiger partial charge in [-0.15, -0.1) is 0 Å². The van der Waals surface area contributed by atoms with Gasteiger partial charge in [-0.2, -0.15) is 5.26 Å². The molecule has 31 heavy (non-hydrogen) atoms. The quantitative estimate of drug-likeness (QED) is 0.794. The van der Waals surface area contributed by atoms with E-state index in [1.165, 1.54) is 6.20 Å². The Kier molecular flexibility index (Phi) is 5.40. The normalized spacial score (nSPS) is 20.6. The highest BCUT2D eigenvalue weighted by molar-refractivity contribution is 6.04. The summed E-state index contributed by atoms with van der Waals surface area (Å²) in [7, 11) is 1.74. The maximum absolute atomic E-state index is 14.1. The predicted octanol–water partition coefficient (Wildman–Crippen LogP) is 3.31. The van der Waals surface area contributed by atoms with Crippen molar-refractivity contribution in [3.63, 3.8) is 0 Å². The number of hydrogen-bond donors (Lipinski definition) is 1. The van der Waals surface area contributed by atoms with Crippen molar-refractivity contribution < 1.29 is 13.6 Å². The van der Waals surface area contributed by atoms with Crippen LogP contribution in [0.25, 0.3) is 11.1 Å². The lowest BCUT2D eigenvalue weighted by Crippen LogP contribution is -2.40. The molecular weight excluding hydrogens is 400 g/mol. The number of nitriles is 1. The summed E-state index contributed by atoms with van der Waals surface area (Å²) in [5.41, 5.74) is 7.04. The molecule has 0 radical (unpaired) electrons. The maximum Gasteiger partial charge on any atom is 0.257 e. The van der Waals surface area contributed by atoms with Gasteiger partial charge in [-0.1, -0.05) is 0 Å². The zero-order valence-corrected chi connectivity index (χ0v) is 17.7. The van der Waals surface area contributed by atoms with Crippen molar-refractivity contribution in [2.45, 2.75) is 31.7 Å². The first kappa shape index (κ1) is 21.2. The van der Waals surface area contributed by atoms with Crippen molar-refractivity contribution >= 4 is 11.6 Å². The Bertz CT molecular complexity index is 1050. The molecule has 1 saturated heterocycles. The van der Waals surface area contributed by atoms with E-state index in [2.05, 4.69) is 4.98 Å². The van der Waals surface area contributed by atoms with Crippen LogP contribution >= 0.6 is 0 Å². The van der Waals surface area contributed by atoms with Crippen LogP contribution in [0, 0.1) is 28.9 Å². The number of pyridine rings is 1. The van der Waals surface area contributed by atoms with Crippen molar-refractivity contribution in [2.75, 3.05) is 31.6 Å². The molecule has 2 heterocycles. The fourth-order valence-corrected chi connectivity index (χ4v) is 4.19. The van der Waals surface area contributed by atoms with Gasteiger partial charge in [-0.25, -0.2) is 13.8 Å². The Labute approximate surface area is 180 Å². The SMILES string of the molecule is CN(CC1CC1)C(=O)c1cnc(C#N)c(-c2cc(F)cc(F)c2)c1N1CC[C@](C)(N)C1. The number of aromatic nitrogens is 1. The second-order valence-corrected chi connectivity index (χ2v) is 8.97. The van der Waals surface area contributed by atoms with Crippen LogP contribution in [0.15, 0.2) is 24.4 Å². The number of amides is 1. The average molecular weight is 425 g/mol. The first-order valence-corrected chi connectivity index (χ1v) is 10.4. The van der Waals surface area contributed by atoms with Crippen LogP contribution in [-0.4, -0.2) is 48.0 Å². The molecule has 2 aromatic rings. The van der Waals surface area contributed by atoms with Crippen LogP contribution in [0.3, 0.4) is 0 Å². The molecule has 4 rings (SSSR count). The molecule has 2 fully saturated rings. The van der Waals surface area contributed by atoms with Crippen LogP contribution in [0.4, 0.5) is 14.5 Å². The summed E-state index contributed by atoms with van der Waals surface area (Å²) >= 11 is 0. The number of carbonyl (C=O) groups excluding carboxylic acids is 1. The number of benzene rings is 1. The van der Waals surface area contributed by atoms with Crippen molar-refractivity contribution in [3.8, 4) is 17.2 Å². The fourth-order valence-electron chi connectivity index (χ4n) is 4.19. The number of nitrogens with two attached hydrogens (primary N) is 1. The number of rotatable bonds is 5.